The molecular formula is C12H17F2NO. The van der Waals surface area contributed by atoms with Gasteiger partial charge >= 0.3 is 0 Å². The molecule has 90 valence electrons. The van der Waals surface area contributed by atoms with Crippen molar-refractivity contribution in [3.8, 4) is 0 Å². The molecule has 0 aliphatic rings. The van der Waals surface area contributed by atoms with Crippen molar-refractivity contribution in [3.05, 3.63) is 35.4 Å². The van der Waals surface area contributed by atoms with E-state index in [1.807, 2.05) is 6.92 Å². The van der Waals surface area contributed by atoms with E-state index in [9.17, 15) is 13.9 Å². The van der Waals surface area contributed by atoms with E-state index in [2.05, 4.69) is 0 Å². The fraction of sp³-hybridized carbons (Fsp3) is 0.500. The van der Waals surface area contributed by atoms with Gasteiger partial charge in [0.1, 0.15) is 11.6 Å². The van der Waals surface area contributed by atoms with E-state index in [0.717, 1.165) is 18.2 Å². The Bertz CT molecular complexity index is 344. The molecule has 16 heavy (non-hydrogen) atoms. The number of benzene rings is 1. The largest absolute Gasteiger partial charge is 0.388 e. The van der Waals surface area contributed by atoms with Crippen LogP contribution in [0.1, 0.15) is 31.9 Å². The van der Waals surface area contributed by atoms with Crippen LogP contribution in [0.2, 0.25) is 0 Å². The lowest BCUT2D eigenvalue weighted by Gasteiger charge is -2.32. The molecule has 0 spiro atoms. The Balaban J connectivity index is 3.08. The van der Waals surface area contributed by atoms with Gasteiger partial charge in [-0.15, -0.1) is 0 Å². The maximum atomic E-state index is 13.0. The molecule has 4 heteroatoms. The van der Waals surface area contributed by atoms with Crippen LogP contribution in [0.4, 0.5) is 8.78 Å². The maximum Gasteiger partial charge on any atom is 0.126 e. The van der Waals surface area contributed by atoms with Gasteiger partial charge in [-0.1, -0.05) is 13.8 Å². The van der Waals surface area contributed by atoms with Crippen LogP contribution in [0.5, 0.6) is 0 Å². The van der Waals surface area contributed by atoms with Crippen molar-refractivity contribution in [3.63, 3.8) is 0 Å². The second-order valence-electron chi connectivity index (χ2n) is 4.32. The van der Waals surface area contributed by atoms with Gasteiger partial charge < -0.3 is 10.8 Å². The first-order chi connectivity index (χ1) is 7.42. The summed E-state index contributed by atoms with van der Waals surface area (Å²) in [6, 6.07) is 3.05. The zero-order valence-electron chi connectivity index (χ0n) is 9.50. The van der Waals surface area contributed by atoms with E-state index < -0.39 is 23.2 Å². The van der Waals surface area contributed by atoms with E-state index >= 15 is 0 Å². The molecule has 0 heterocycles. The number of hydrogen-bond acceptors (Lipinski definition) is 2. The maximum absolute atomic E-state index is 13.0. The van der Waals surface area contributed by atoms with Gasteiger partial charge in [-0.3, -0.25) is 0 Å². The number of nitrogens with two attached hydrogens (primary N) is 1. The third-order valence-electron chi connectivity index (χ3n) is 3.13. The van der Waals surface area contributed by atoms with Crippen LogP contribution in [-0.4, -0.2) is 11.7 Å². The Morgan fingerprint density at radius 3 is 2.19 bits per heavy atom. The molecular weight excluding hydrogens is 212 g/mol. The third-order valence-corrected chi connectivity index (χ3v) is 3.13. The van der Waals surface area contributed by atoms with Gasteiger partial charge in [-0.2, -0.15) is 0 Å². The zero-order chi connectivity index (χ0) is 12.3. The number of hydrogen-bond donors (Lipinski definition) is 2. The highest BCUT2D eigenvalue weighted by atomic mass is 19.1. The molecule has 0 saturated heterocycles. The van der Waals surface area contributed by atoms with Gasteiger partial charge in [0.15, 0.2) is 0 Å². The molecule has 1 aromatic carbocycles. The molecule has 0 bridgehead atoms. The SMILES string of the molecule is CCC(C)(CN)C(O)c1cc(F)cc(F)c1. The van der Waals surface area contributed by atoms with Crippen molar-refractivity contribution < 1.29 is 13.9 Å². The Morgan fingerprint density at radius 2 is 1.81 bits per heavy atom. The molecule has 2 atom stereocenters. The predicted octanol–water partition coefficient (Wildman–Crippen LogP) is 2.37. The molecule has 0 aromatic heterocycles. The van der Waals surface area contributed by atoms with Crippen LogP contribution in [-0.2, 0) is 0 Å². The van der Waals surface area contributed by atoms with Gasteiger partial charge in [0.05, 0.1) is 6.10 Å². The van der Waals surface area contributed by atoms with Crippen molar-refractivity contribution in [1.29, 1.82) is 0 Å². The normalized spacial score (nSPS) is 16.9. The molecule has 0 radical (unpaired) electrons. The van der Waals surface area contributed by atoms with E-state index in [-0.39, 0.29) is 12.1 Å². The summed E-state index contributed by atoms with van der Waals surface area (Å²) in [7, 11) is 0. The summed E-state index contributed by atoms with van der Waals surface area (Å²) >= 11 is 0. The summed E-state index contributed by atoms with van der Waals surface area (Å²) in [6.07, 6.45) is -0.337. The number of aliphatic hydroxyl groups excluding tert-OH is 1. The van der Waals surface area contributed by atoms with Crippen molar-refractivity contribution in [2.45, 2.75) is 26.4 Å². The molecule has 1 aromatic rings. The van der Waals surface area contributed by atoms with Crippen molar-refractivity contribution in [2.75, 3.05) is 6.54 Å². The Morgan fingerprint density at radius 1 is 1.31 bits per heavy atom. The molecule has 0 fully saturated rings. The summed E-state index contributed by atoms with van der Waals surface area (Å²) in [4.78, 5) is 0. The summed E-state index contributed by atoms with van der Waals surface area (Å²) < 4.78 is 26.0. The first kappa shape index (κ1) is 13.1. The van der Waals surface area contributed by atoms with Crippen molar-refractivity contribution in [2.24, 2.45) is 11.1 Å². The van der Waals surface area contributed by atoms with E-state index in [4.69, 9.17) is 5.73 Å². The van der Waals surface area contributed by atoms with Crippen molar-refractivity contribution >= 4 is 0 Å². The molecule has 0 aliphatic carbocycles. The average Bonchev–Trinajstić information content (AvgIpc) is 2.25. The topological polar surface area (TPSA) is 46.2 Å². The minimum Gasteiger partial charge on any atom is -0.388 e. The highest BCUT2D eigenvalue weighted by molar-refractivity contribution is 5.22. The van der Waals surface area contributed by atoms with Crippen molar-refractivity contribution in [1.82, 2.24) is 0 Å². The van der Waals surface area contributed by atoms with Crippen LogP contribution >= 0.6 is 0 Å². The summed E-state index contributed by atoms with van der Waals surface area (Å²) in [5.74, 6) is -1.38. The van der Waals surface area contributed by atoms with Gasteiger partial charge in [0, 0.05) is 18.0 Å². The first-order valence-corrected chi connectivity index (χ1v) is 5.27. The second kappa shape index (κ2) is 4.89. The van der Waals surface area contributed by atoms with Crippen LogP contribution in [0.15, 0.2) is 18.2 Å². The highest BCUT2D eigenvalue weighted by Gasteiger charge is 2.31. The zero-order valence-corrected chi connectivity index (χ0v) is 9.50. The third kappa shape index (κ3) is 2.57. The summed E-state index contributed by atoms with van der Waals surface area (Å²) in [6.45, 7) is 3.93. The molecule has 3 N–H and O–H groups in total. The summed E-state index contributed by atoms with van der Waals surface area (Å²) in [5.41, 5.74) is 5.24. The lowest BCUT2D eigenvalue weighted by atomic mass is 9.78. The Kier molecular flexibility index (Phi) is 3.99. The molecule has 2 unspecified atom stereocenters. The number of halogens is 2. The van der Waals surface area contributed by atoms with Crippen LogP contribution in [0, 0.1) is 17.0 Å². The van der Waals surface area contributed by atoms with E-state index in [0.29, 0.717) is 6.42 Å². The molecule has 2 nitrogen and oxygen atoms in total. The minimum atomic E-state index is -0.965. The number of aliphatic hydroxyl groups is 1. The second-order valence-corrected chi connectivity index (χ2v) is 4.32. The number of rotatable bonds is 4. The highest BCUT2D eigenvalue weighted by Crippen LogP contribution is 2.36. The first-order valence-electron chi connectivity index (χ1n) is 5.27. The van der Waals surface area contributed by atoms with Gasteiger partial charge in [0.25, 0.3) is 0 Å². The lowest BCUT2D eigenvalue weighted by molar-refractivity contribution is 0.0387. The summed E-state index contributed by atoms with van der Waals surface area (Å²) in [5, 5.41) is 10.1. The van der Waals surface area contributed by atoms with E-state index in [1.165, 1.54) is 0 Å². The van der Waals surface area contributed by atoms with Gasteiger partial charge in [0.2, 0.25) is 0 Å². The molecule has 0 saturated carbocycles. The average molecular weight is 229 g/mol. The smallest absolute Gasteiger partial charge is 0.126 e. The lowest BCUT2D eigenvalue weighted by Crippen LogP contribution is -2.33. The van der Waals surface area contributed by atoms with Gasteiger partial charge in [-0.05, 0) is 24.1 Å². The van der Waals surface area contributed by atoms with E-state index in [1.54, 1.807) is 6.92 Å². The fourth-order valence-corrected chi connectivity index (χ4v) is 1.58. The minimum absolute atomic E-state index is 0.229. The Hall–Kier alpha value is -1.00. The van der Waals surface area contributed by atoms with Crippen LogP contribution in [0.25, 0.3) is 0 Å². The van der Waals surface area contributed by atoms with Gasteiger partial charge in [-0.25, -0.2) is 8.78 Å². The molecule has 0 amide bonds. The van der Waals surface area contributed by atoms with Crippen LogP contribution < -0.4 is 5.73 Å². The fourth-order valence-electron chi connectivity index (χ4n) is 1.58. The molecule has 0 aliphatic heterocycles. The predicted molar refractivity (Wildman–Crippen MR) is 58.8 cm³/mol. The molecule has 1 rings (SSSR count). The Labute approximate surface area is 94.1 Å². The standard InChI is InChI=1S/C12H17F2NO/c1-3-12(2,7-15)11(16)8-4-9(13)6-10(14)5-8/h4-6,11,16H,3,7,15H2,1-2H3. The van der Waals surface area contributed by atoms with Crippen LogP contribution in [0.3, 0.4) is 0 Å². The monoisotopic (exact) mass is 229 g/mol. The quantitative estimate of drug-likeness (QED) is 0.832.